The van der Waals surface area contributed by atoms with Crippen LogP contribution in [0.1, 0.15) is 15.9 Å². The van der Waals surface area contributed by atoms with E-state index in [-0.39, 0.29) is 12.8 Å². The third-order valence-electron chi connectivity index (χ3n) is 2.10. The van der Waals surface area contributed by atoms with Crippen LogP contribution in [0.25, 0.3) is 0 Å². The maximum absolute atomic E-state index is 11.4. The van der Waals surface area contributed by atoms with E-state index in [0.717, 1.165) is 10.0 Å². The van der Waals surface area contributed by atoms with Gasteiger partial charge in [0.25, 0.3) is 0 Å². The van der Waals surface area contributed by atoms with E-state index in [1.807, 2.05) is 6.07 Å². The van der Waals surface area contributed by atoms with E-state index in [2.05, 4.69) is 15.9 Å². The number of methoxy groups -OCH3 is 1. The van der Waals surface area contributed by atoms with Gasteiger partial charge in [0, 0.05) is 17.1 Å². The topological polar surface area (TPSA) is 44.8 Å². The maximum Gasteiger partial charge on any atom is 0.342 e. The first kappa shape index (κ1) is 10.4. The predicted octanol–water partition coefficient (Wildman–Crippen LogP) is 2.10. The number of fused-ring (bicyclic) bond motifs is 1. The minimum atomic E-state index is -0.350. The van der Waals surface area contributed by atoms with E-state index in [1.54, 1.807) is 6.07 Å². The molecule has 0 bridgehead atoms. The van der Waals surface area contributed by atoms with Crippen LogP contribution in [0.5, 0.6) is 5.75 Å². The zero-order valence-corrected chi connectivity index (χ0v) is 9.67. The molecule has 0 unspecified atom stereocenters. The molecule has 80 valence electrons. The fraction of sp³-hybridized carbons (Fsp3) is 0.300. The van der Waals surface area contributed by atoms with Crippen molar-refractivity contribution in [2.75, 3.05) is 13.9 Å². The Hall–Kier alpha value is -1.07. The molecule has 0 fully saturated rings. The van der Waals surface area contributed by atoms with E-state index in [1.165, 1.54) is 7.11 Å². The summed E-state index contributed by atoms with van der Waals surface area (Å²) in [5.41, 5.74) is 1.31. The normalized spacial score (nSPS) is 13.6. The van der Waals surface area contributed by atoms with Gasteiger partial charge in [0.1, 0.15) is 17.9 Å². The van der Waals surface area contributed by atoms with Gasteiger partial charge in [-0.25, -0.2) is 4.79 Å². The number of esters is 1. The summed E-state index contributed by atoms with van der Waals surface area (Å²) in [6.45, 7) is 0.403. The van der Waals surface area contributed by atoms with Crippen LogP contribution in [0.2, 0.25) is 0 Å². The van der Waals surface area contributed by atoms with Crippen LogP contribution in [-0.4, -0.2) is 19.9 Å². The first-order valence-corrected chi connectivity index (χ1v) is 5.13. The highest BCUT2D eigenvalue weighted by molar-refractivity contribution is 9.10. The molecule has 15 heavy (non-hydrogen) atoms. The van der Waals surface area contributed by atoms with Crippen molar-refractivity contribution < 1.29 is 19.0 Å². The zero-order valence-electron chi connectivity index (χ0n) is 8.08. The van der Waals surface area contributed by atoms with Gasteiger partial charge < -0.3 is 14.2 Å². The lowest BCUT2D eigenvalue weighted by atomic mass is 10.1. The number of hydrogen-bond acceptors (Lipinski definition) is 4. The van der Waals surface area contributed by atoms with Crippen LogP contribution in [0.4, 0.5) is 0 Å². The highest BCUT2D eigenvalue weighted by Gasteiger charge is 2.27. The summed E-state index contributed by atoms with van der Waals surface area (Å²) in [4.78, 5) is 11.4. The number of carbonyl (C=O) groups is 1. The number of ether oxygens (including phenoxy) is 3. The number of benzene rings is 1. The number of halogens is 1. The molecule has 0 spiro atoms. The highest BCUT2D eigenvalue weighted by atomic mass is 79.9. The van der Waals surface area contributed by atoms with Crippen LogP contribution in [0.3, 0.4) is 0 Å². The zero-order chi connectivity index (χ0) is 10.8. The maximum atomic E-state index is 11.4. The number of hydrogen-bond donors (Lipinski definition) is 0. The molecule has 0 saturated heterocycles. The Morgan fingerprint density at radius 1 is 1.53 bits per heavy atom. The average Bonchev–Trinajstić information content (AvgIpc) is 2.61. The Labute approximate surface area is 95.3 Å². The van der Waals surface area contributed by atoms with Gasteiger partial charge in [-0.15, -0.1) is 0 Å². The Kier molecular flexibility index (Phi) is 2.93. The fourth-order valence-corrected chi connectivity index (χ4v) is 1.86. The highest BCUT2D eigenvalue weighted by Crippen LogP contribution is 2.34. The van der Waals surface area contributed by atoms with E-state index >= 15 is 0 Å². The van der Waals surface area contributed by atoms with Gasteiger partial charge in [0.2, 0.25) is 0 Å². The Balaban J connectivity index is 2.40. The van der Waals surface area contributed by atoms with Gasteiger partial charge in [-0.2, -0.15) is 0 Å². The van der Waals surface area contributed by atoms with Gasteiger partial charge >= 0.3 is 5.97 Å². The molecule has 1 aliphatic rings. The van der Waals surface area contributed by atoms with Crippen molar-refractivity contribution in [2.45, 2.75) is 6.61 Å². The van der Waals surface area contributed by atoms with Crippen LogP contribution >= 0.6 is 15.9 Å². The lowest BCUT2D eigenvalue weighted by molar-refractivity contribution is 0.0460. The molecule has 1 aromatic carbocycles. The third-order valence-corrected chi connectivity index (χ3v) is 2.84. The monoisotopic (exact) mass is 272 g/mol. The van der Waals surface area contributed by atoms with Gasteiger partial charge in [0.05, 0.1) is 0 Å². The van der Waals surface area contributed by atoms with E-state index < -0.39 is 0 Å². The Morgan fingerprint density at radius 3 is 3.07 bits per heavy atom. The molecule has 0 N–H and O–H groups in total. The van der Waals surface area contributed by atoms with Crippen molar-refractivity contribution in [3.05, 3.63) is 27.7 Å². The van der Waals surface area contributed by atoms with Gasteiger partial charge in [-0.05, 0) is 12.1 Å². The van der Waals surface area contributed by atoms with Crippen molar-refractivity contribution in [2.24, 2.45) is 0 Å². The second kappa shape index (κ2) is 4.20. The molecule has 1 aromatic rings. The van der Waals surface area contributed by atoms with Crippen molar-refractivity contribution in [1.29, 1.82) is 0 Å². The molecule has 0 amide bonds. The standard InChI is InChI=1S/C10H9BrO4/c1-13-5-15-8-3-2-7(11)6-4-14-10(12)9(6)8/h2-3H,4-5H2,1H3. The summed E-state index contributed by atoms with van der Waals surface area (Å²) in [6.07, 6.45) is 0. The molecule has 0 radical (unpaired) electrons. The molecule has 1 heterocycles. The quantitative estimate of drug-likeness (QED) is 0.625. The second-order valence-corrected chi connectivity index (χ2v) is 3.88. The van der Waals surface area contributed by atoms with E-state index in [0.29, 0.717) is 17.9 Å². The van der Waals surface area contributed by atoms with Crippen LogP contribution < -0.4 is 4.74 Å². The van der Waals surface area contributed by atoms with Crippen molar-refractivity contribution in [3.8, 4) is 5.75 Å². The first-order chi connectivity index (χ1) is 7.24. The molecular formula is C10H9BrO4. The molecule has 0 atom stereocenters. The number of rotatable bonds is 3. The largest absolute Gasteiger partial charge is 0.467 e. The second-order valence-electron chi connectivity index (χ2n) is 3.03. The van der Waals surface area contributed by atoms with Crippen molar-refractivity contribution in [3.63, 3.8) is 0 Å². The molecular weight excluding hydrogens is 264 g/mol. The summed E-state index contributed by atoms with van der Waals surface area (Å²) in [5, 5.41) is 0. The lowest BCUT2D eigenvalue weighted by Crippen LogP contribution is -2.04. The summed E-state index contributed by atoms with van der Waals surface area (Å²) >= 11 is 3.36. The summed E-state index contributed by atoms with van der Waals surface area (Å²) in [5.74, 6) is 0.148. The molecule has 1 aliphatic heterocycles. The molecule has 2 rings (SSSR count). The van der Waals surface area contributed by atoms with E-state index in [9.17, 15) is 4.79 Å². The smallest absolute Gasteiger partial charge is 0.342 e. The van der Waals surface area contributed by atoms with Crippen LogP contribution in [0, 0.1) is 0 Å². The minimum absolute atomic E-state index is 0.112. The van der Waals surface area contributed by atoms with Gasteiger partial charge in [0.15, 0.2) is 6.79 Å². The third kappa shape index (κ3) is 1.85. The number of carbonyl (C=O) groups excluding carboxylic acids is 1. The van der Waals surface area contributed by atoms with Crippen molar-refractivity contribution in [1.82, 2.24) is 0 Å². The van der Waals surface area contributed by atoms with Gasteiger partial charge in [-0.3, -0.25) is 0 Å². The lowest BCUT2D eigenvalue weighted by Gasteiger charge is -2.08. The average molecular weight is 273 g/mol. The number of cyclic esters (lactones) is 1. The Bertz CT molecular complexity index is 403. The molecule has 0 aromatic heterocycles. The first-order valence-electron chi connectivity index (χ1n) is 4.34. The fourth-order valence-electron chi connectivity index (χ4n) is 1.42. The van der Waals surface area contributed by atoms with E-state index in [4.69, 9.17) is 14.2 Å². The summed E-state index contributed by atoms with van der Waals surface area (Å²) in [7, 11) is 1.53. The predicted molar refractivity (Wildman–Crippen MR) is 55.8 cm³/mol. The van der Waals surface area contributed by atoms with Crippen LogP contribution in [0.15, 0.2) is 16.6 Å². The molecule has 5 heteroatoms. The molecule has 0 aliphatic carbocycles. The SMILES string of the molecule is COCOc1ccc(Br)c2c1C(=O)OC2. The van der Waals surface area contributed by atoms with Crippen molar-refractivity contribution >= 4 is 21.9 Å². The Morgan fingerprint density at radius 2 is 2.33 bits per heavy atom. The summed E-state index contributed by atoms with van der Waals surface area (Å²) in [6, 6.07) is 3.54. The van der Waals surface area contributed by atoms with Crippen LogP contribution in [-0.2, 0) is 16.1 Å². The minimum Gasteiger partial charge on any atom is -0.467 e. The summed E-state index contributed by atoms with van der Waals surface area (Å²) < 4.78 is 15.9. The van der Waals surface area contributed by atoms with Gasteiger partial charge in [-0.1, -0.05) is 15.9 Å². The molecule has 0 saturated carbocycles. The molecule has 4 nitrogen and oxygen atoms in total.